The predicted octanol–water partition coefficient (Wildman–Crippen LogP) is 2.27. The highest BCUT2D eigenvalue weighted by atomic mass is 79.9. The lowest BCUT2D eigenvalue weighted by Crippen LogP contribution is -2.48. The van der Waals surface area contributed by atoms with E-state index in [1.54, 1.807) is 0 Å². The lowest BCUT2D eigenvalue weighted by molar-refractivity contribution is 0.273. The zero-order chi connectivity index (χ0) is 10.5. The summed E-state index contributed by atoms with van der Waals surface area (Å²) in [6.07, 6.45) is 6.67. The van der Waals surface area contributed by atoms with Crippen LogP contribution in [-0.2, 0) is 6.54 Å². The van der Waals surface area contributed by atoms with Crippen molar-refractivity contribution in [1.29, 1.82) is 0 Å². The Hall–Kier alpha value is -0.510. The standard InChI is InChI=1S/C11H16BrN3/c1-2-14-4-3-13-10(14)15-7-9-5-11(15,6-9)8-12/h3-4,9H,2,5-8H2,1H3. The molecule has 1 aromatic rings. The van der Waals surface area contributed by atoms with Gasteiger partial charge in [-0.15, -0.1) is 0 Å². The molecule has 0 amide bonds. The monoisotopic (exact) mass is 269 g/mol. The Bertz CT molecular complexity index is 368. The molecule has 4 heteroatoms. The van der Waals surface area contributed by atoms with Gasteiger partial charge in [-0.1, -0.05) is 15.9 Å². The van der Waals surface area contributed by atoms with Gasteiger partial charge in [0.25, 0.3) is 0 Å². The van der Waals surface area contributed by atoms with Crippen LogP contribution in [0.4, 0.5) is 5.95 Å². The Morgan fingerprint density at radius 3 is 3.07 bits per heavy atom. The maximum absolute atomic E-state index is 4.51. The van der Waals surface area contributed by atoms with Crippen LogP contribution in [0.2, 0.25) is 0 Å². The van der Waals surface area contributed by atoms with E-state index in [0.717, 1.165) is 23.7 Å². The molecule has 0 unspecified atom stereocenters. The summed E-state index contributed by atoms with van der Waals surface area (Å²) in [5, 5.41) is 1.08. The van der Waals surface area contributed by atoms with E-state index in [4.69, 9.17) is 0 Å². The molecule has 0 aromatic carbocycles. The van der Waals surface area contributed by atoms with Gasteiger partial charge in [-0.05, 0) is 25.7 Å². The van der Waals surface area contributed by atoms with Gasteiger partial charge in [0.2, 0.25) is 5.95 Å². The number of anilines is 1. The van der Waals surface area contributed by atoms with Crippen LogP contribution in [0.15, 0.2) is 12.4 Å². The van der Waals surface area contributed by atoms with Crippen LogP contribution in [-0.4, -0.2) is 27.0 Å². The van der Waals surface area contributed by atoms with Gasteiger partial charge in [-0.25, -0.2) is 4.98 Å². The molecule has 0 spiro atoms. The number of rotatable bonds is 3. The fourth-order valence-corrected chi connectivity index (χ4v) is 3.84. The van der Waals surface area contributed by atoms with Crippen molar-refractivity contribution >= 4 is 21.9 Å². The SMILES string of the molecule is CCn1ccnc1N1CC2CC1(CBr)C2. The maximum Gasteiger partial charge on any atom is 0.205 e. The van der Waals surface area contributed by atoms with Crippen molar-refractivity contribution in [2.75, 3.05) is 16.8 Å². The van der Waals surface area contributed by atoms with Crippen LogP contribution >= 0.6 is 15.9 Å². The van der Waals surface area contributed by atoms with E-state index in [9.17, 15) is 0 Å². The third-order valence-electron chi connectivity index (χ3n) is 3.87. The van der Waals surface area contributed by atoms with E-state index < -0.39 is 0 Å². The first-order valence-corrected chi connectivity index (χ1v) is 6.76. The molecule has 0 radical (unpaired) electrons. The van der Waals surface area contributed by atoms with Gasteiger partial charge >= 0.3 is 0 Å². The van der Waals surface area contributed by atoms with Crippen LogP contribution in [0.1, 0.15) is 19.8 Å². The molecule has 15 heavy (non-hydrogen) atoms. The van der Waals surface area contributed by atoms with Gasteiger partial charge in [-0.3, -0.25) is 0 Å². The maximum atomic E-state index is 4.51. The van der Waals surface area contributed by atoms with Crippen LogP contribution < -0.4 is 4.90 Å². The number of hydrogen-bond donors (Lipinski definition) is 0. The van der Waals surface area contributed by atoms with Crippen molar-refractivity contribution in [3.8, 4) is 0 Å². The van der Waals surface area contributed by atoms with Crippen LogP contribution in [0.3, 0.4) is 0 Å². The summed E-state index contributed by atoms with van der Waals surface area (Å²) in [5.41, 5.74) is 0.378. The van der Waals surface area contributed by atoms with E-state index in [0.29, 0.717) is 5.54 Å². The number of imidazole rings is 1. The largest absolute Gasteiger partial charge is 0.335 e. The summed E-state index contributed by atoms with van der Waals surface area (Å²) >= 11 is 3.66. The fourth-order valence-electron chi connectivity index (χ4n) is 3.08. The molecule has 82 valence electrons. The molecule has 0 N–H and O–H groups in total. The summed E-state index contributed by atoms with van der Waals surface area (Å²) in [7, 11) is 0. The number of halogens is 1. The van der Waals surface area contributed by atoms with Crippen LogP contribution in [0.25, 0.3) is 0 Å². The second-order valence-electron chi connectivity index (χ2n) is 4.76. The number of nitrogens with zero attached hydrogens (tertiary/aromatic N) is 3. The van der Waals surface area contributed by atoms with Gasteiger partial charge < -0.3 is 9.47 Å². The molecule has 0 atom stereocenters. The molecule has 3 nitrogen and oxygen atoms in total. The third-order valence-corrected chi connectivity index (χ3v) is 4.92. The van der Waals surface area contributed by atoms with Crippen molar-refractivity contribution in [2.45, 2.75) is 31.8 Å². The highest BCUT2D eigenvalue weighted by Crippen LogP contribution is 2.52. The van der Waals surface area contributed by atoms with E-state index in [-0.39, 0.29) is 0 Å². The number of alkyl halides is 1. The first kappa shape index (κ1) is 9.70. The van der Waals surface area contributed by atoms with E-state index in [2.05, 4.69) is 43.5 Å². The Balaban J connectivity index is 1.94. The molecule has 2 saturated heterocycles. The fraction of sp³-hybridized carbons (Fsp3) is 0.727. The van der Waals surface area contributed by atoms with Gasteiger partial charge in [0.05, 0.1) is 5.54 Å². The molecule has 3 aliphatic rings. The minimum atomic E-state index is 0.378. The quantitative estimate of drug-likeness (QED) is 0.786. The number of fused-ring (bicyclic) bond motifs is 1. The summed E-state index contributed by atoms with van der Waals surface area (Å²) < 4.78 is 2.24. The molecular weight excluding hydrogens is 254 g/mol. The Labute approximate surface area is 98.6 Å². The number of aromatic nitrogens is 2. The number of hydrogen-bond acceptors (Lipinski definition) is 2. The van der Waals surface area contributed by atoms with Gasteiger partial charge in [-0.2, -0.15) is 0 Å². The molecule has 3 fully saturated rings. The van der Waals surface area contributed by atoms with Crippen molar-refractivity contribution in [3.05, 3.63) is 12.4 Å². The molecule has 2 aliphatic heterocycles. The minimum Gasteiger partial charge on any atom is -0.335 e. The Morgan fingerprint density at radius 2 is 2.40 bits per heavy atom. The highest BCUT2D eigenvalue weighted by molar-refractivity contribution is 9.09. The van der Waals surface area contributed by atoms with Gasteiger partial charge in [0, 0.05) is 30.8 Å². The third kappa shape index (κ3) is 1.20. The normalized spacial score (nSPS) is 33.2. The zero-order valence-electron chi connectivity index (χ0n) is 8.99. The van der Waals surface area contributed by atoms with Crippen LogP contribution in [0, 0.1) is 5.92 Å². The minimum absolute atomic E-state index is 0.378. The van der Waals surface area contributed by atoms with E-state index >= 15 is 0 Å². The molecule has 4 rings (SSSR count). The molecule has 1 aromatic heterocycles. The molecule has 3 heterocycles. The lowest BCUT2D eigenvalue weighted by Gasteiger charge is -2.41. The number of aryl methyl sites for hydroxylation is 1. The molecular formula is C11H16BrN3. The summed E-state index contributed by atoms with van der Waals surface area (Å²) in [6, 6.07) is 0. The van der Waals surface area contributed by atoms with Crippen molar-refractivity contribution < 1.29 is 0 Å². The smallest absolute Gasteiger partial charge is 0.205 e. The van der Waals surface area contributed by atoms with Crippen molar-refractivity contribution in [1.82, 2.24) is 9.55 Å². The average molecular weight is 270 g/mol. The van der Waals surface area contributed by atoms with Crippen LogP contribution in [0.5, 0.6) is 0 Å². The molecule has 2 bridgehead atoms. The molecule has 1 aliphatic carbocycles. The van der Waals surface area contributed by atoms with E-state index in [1.807, 2.05) is 6.20 Å². The van der Waals surface area contributed by atoms with E-state index in [1.165, 1.54) is 19.4 Å². The Morgan fingerprint density at radius 1 is 1.60 bits per heavy atom. The second-order valence-corrected chi connectivity index (χ2v) is 5.32. The Kier molecular flexibility index (Phi) is 2.09. The average Bonchev–Trinajstić information content (AvgIpc) is 2.87. The molecule has 1 saturated carbocycles. The summed E-state index contributed by atoms with van der Waals surface area (Å²) in [5.74, 6) is 2.07. The summed E-state index contributed by atoms with van der Waals surface area (Å²) in [4.78, 5) is 7.02. The van der Waals surface area contributed by atoms with Crippen molar-refractivity contribution in [3.63, 3.8) is 0 Å². The first-order valence-electron chi connectivity index (χ1n) is 5.64. The first-order chi connectivity index (χ1) is 7.29. The second kappa shape index (κ2) is 3.24. The van der Waals surface area contributed by atoms with Gasteiger partial charge in [0.15, 0.2) is 0 Å². The summed E-state index contributed by atoms with van der Waals surface area (Å²) in [6.45, 7) is 4.38. The predicted molar refractivity (Wildman–Crippen MR) is 64.5 cm³/mol. The topological polar surface area (TPSA) is 21.1 Å². The van der Waals surface area contributed by atoms with Gasteiger partial charge in [0.1, 0.15) is 0 Å². The highest BCUT2D eigenvalue weighted by Gasteiger charge is 2.56. The zero-order valence-corrected chi connectivity index (χ0v) is 10.6. The lowest BCUT2D eigenvalue weighted by atomic mass is 9.75. The van der Waals surface area contributed by atoms with Crippen molar-refractivity contribution in [2.24, 2.45) is 5.92 Å².